The Morgan fingerprint density at radius 2 is 2.00 bits per heavy atom. The minimum atomic E-state index is -0.271. The van der Waals surface area contributed by atoms with Crippen molar-refractivity contribution in [3.05, 3.63) is 30.1 Å². The molecular formula is C14H20FN3O. The van der Waals surface area contributed by atoms with Gasteiger partial charge in [-0.1, -0.05) is 0 Å². The van der Waals surface area contributed by atoms with Crippen molar-refractivity contribution in [3.63, 3.8) is 0 Å². The Kier molecular flexibility index (Phi) is 4.04. The highest BCUT2D eigenvalue weighted by molar-refractivity contribution is 5.86. The first-order valence-electron chi connectivity index (χ1n) is 6.53. The maximum atomic E-state index is 13.0. The fourth-order valence-electron chi connectivity index (χ4n) is 2.48. The minimum Gasteiger partial charge on any atom is -0.357 e. The van der Waals surface area contributed by atoms with Crippen LogP contribution in [0.1, 0.15) is 13.3 Å². The van der Waals surface area contributed by atoms with E-state index in [0.717, 1.165) is 12.2 Å². The Morgan fingerprint density at radius 1 is 1.37 bits per heavy atom. The quantitative estimate of drug-likeness (QED) is 0.893. The van der Waals surface area contributed by atoms with Gasteiger partial charge in [0.05, 0.1) is 0 Å². The molecule has 1 aliphatic heterocycles. The van der Waals surface area contributed by atoms with Gasteiger partial charge in [-0.05, 0) is 44.2 Å². The van der Waals surface area contributed by atoms with E-state index in [2.05, 4.69) is 0 Å². The van der Waals surface area contributed by atoms with Crippen LogP contribution in [-0.4, -0.2) is 43.0 Å². The number of piperazine rings is 1. The zero-order valence-corrected chi connectivity index (χ0v) is 11.3. The van der Waals surface area contributed by atoms with Gasteiger partial charge in [0.2, 0.25) is 5.91 Å². The molecule has 0 spiro atoms. The van der Waals surface area contributed by atoms with Gasteiger partial charge in [-0.15, -0.1) is 0 Å². The maximum Gasteiger partial charge on any atom is 0.245 e. The molecule has 0 bridgehead atoms. The van der Waals surface area contributed by atoms with E-state index in [1.165, 1.54) is 12.1 Å². The van der Waals surface area contributed by atoms with Gasteiger partial charge in [0.25, 0.3) is 0 Å². The van der Waals surface area contributed by atoms with Crippen molar-refractivity contribution >= 4 is 11.6 Å². The molecule has 1 amide bonds. The standard InChI is InChI=1S/C14H20FN3O/c1-10-9-18(12-5-3-11(15)4-6-12)13(7-8-16)14(19)17(10)2/h3-6,10,13H,7-9,16H2,1-2H3. The van der Waals surface area contributed by atoms with Gasteiger partial charge >= 0.3 is 0 Å². The van der Waals surface area contributed by atoms with Crippen LogP contribution >= 0.6 is 0 Å². The van der Waals surface area contributed by atoms with E-state index in [1.54, 1.807) is 17.0 Å². The SMILES string of the molecule is CC1CN(c2ccc(F)cc2)C(CCN)C(=O)N1C. The average molecular weight is 265 g/mol. The van der Waals surface area contributed by atoms with Crippen molar-refractivity contribution in [3.8, 4) is 0 Å². The number of nitrogens with zero attached hydrogens (tertiary/aromatic N) is 2. The van der Waals surface area contributed by atoms with E-state index in [-0.39, 0.29) is 23.8 Å². The molecule has 0 aromatic heterocycles. The van der Waals surface area contributed by atoms with E-state index in [4.69, 9.17) is 5.73 Å². The largest absolute Gasteiger partial charge is 0.357 e. The predicted molar refractivity (Wildman–Crippen MR) is 73.4 cm³/mol. The zero-order chi connectivity index (χ0) is 14.0. The van der Waals surface area contributed by atoms with Crippen LogP contribution in [0.2, 0.25) is 0 Å². The van der Waals surface area contributed by atoms with Gasteiger partial charge in [-0.2, -0.15) is 0 Å². The summed E-state index contributed by atoms with van der Waals surface area (Å²) in [5.74, 6) is -0.193. The summed E-state index contributed by atoms with van der Waals surface area (Å²) >= 11 is 0. The van der Waals surface area contributed by atoms with Crippen LogP contribution in [-0.2, 0) is 4.79 Å². The lowest BCUT2D eigenvalue weighted by molar-refractivity contribution is -0.135. The van der Waals surface area contributed by atoms with Crippen LogP contribution < -0.4 is 10.6 Å². The minimum absolute atomic E-state index is 0.0773. The molecule has 2 atom stereocenters. The topological polar surface area (TPSA) is 49.6 Å². The highest BCUT2D eigenvalue weighted by Crippen LogP contribution is 2.25. The van der Waals surface area contributed by atoms with E-state index in [9.17, 15) is 9.18 Å². The molecular weight excluding hydrogens is 245 g/mol. The monoisotopic (exact) mass is 265 g/mol. The molecule has 4 nitrogen and oxygen atoms in total. The number of nitrogens with two attached hydrogens (primary N) is 1. The molecule has 0 aliphatic carbocycles. The van der Waals surface area contributed by atoms with E-state index in [0.29, 0.717) is 13.0 Å². The number of hydrogen-bond acceptors (Lipinski definition) is 3. The molecule has 0 saturated carbocycles. The Morgan fingerprint density at radius 3 is 2.58 bits per heavy atom. The summed E-state index contributed by atoms with van der Waals surface area (Å²) < 4.78 is 13.0. The third kappa shape index (κ3) is 2.71. The first-order chi connectivity index (χ1) is 9.04. The van der Waals surface area contributed by atoms with Crippen molar-refractivity contribution in [1.82, 2.24) is 4.90 Å². The maximum absolute atomic E-state index is 13.0. The van der Waals surface area contributed by atoms with Gasteiger partial charge in [-0.25, -0.2) is 4.39 Å². The van der Waals surface area contributed by atoms with Gasteiger partial charge in [-0.3, -0.25) is 4.79 Å². The van der Waals surface area contributed by atoms with Crippen LogP contribution in [0.15, 0.2) is 24.3 Å². The van der Waals surface area contributed by atoms with Crippen molar-refractivity contribution in [2.24, 2.45) is 5.73 Å². The van der Waals surface area contributed by atoms with Gasteiger partial charge in [0, 0.05) is 25.3 Å². The Balaban J connectivity index is 2.29. The lowest BCUT2D eigenvalue weighted by Crippen LogP contribution is -2.60. The lowest BCUT2D eigenvalue weighted by atomic mass is 10.0. The average Bonchev–Trinajstić information content (AvgIpc) is 2.40. The van der Waals surface area contributed by atoms with Crippen LogP contribution in [0.3, 0.4) is 0 Å². The number of halogens is 1. The second-order valence-corrected chi connectivity index (χ2v) is 5.02. The van der Waals surface area contributed by atoms with Crippen molar-refractivity contribution in [2.75, 3.05) is 25.0 Å². The van der Waals surface area contributed by atoms with E-state index < -0.39 is 0 Å². The molecule has 1 fully saturated rings. The molecule has 2 unspecified atom stereocenters. The first kappa shape index (κ1) is 13.8. The molecule has 1 aromatic carbocycles. The molecule has 0 radical (unpaired) electrons. The van der Waals surface area contributed by atoms with Crippen molar-refractivity contribution in [1.29, 1.82) is 0 Å². The van der Waals surface area contributed by atoms with Crippen LogP contribution in [0.5, 0.6) is 0 Å². The number of benzene rings is 1. The van der Waals surface area contributed by atoms with Gasteiger partial charge in [0.15, 0.2) is 0 Å². The van der Waals surface area contributed by atoms with Crippen molar-refractivity contribution in [2.45, 2.75) is 25.4 Å². The number of carbonyl (C=O) groups is 1. The Bertz CT molecular complexity index is 449. The Hall–Kier alpha value is -1.62. The van der Waals surface area contributed by atoms with Gasteiger partial charge in [0.1, 0.15) is 11.9 Å². The fraction of sp³-hybridized carbons (Fsp3) is 0.500. The summed E-state index contributed by atoms with van der Waals surface area (Å²) in [4.78, 5) is 16.1. The second-order valence-electron chi connectivity index (χ2n) is 5.02. The fourth-order valence-corrected chi connectivity index (χ4v) is 2.48. The summed E-state index contributed by atoms with van der Waals surface area (Å²) in [7, 11) is 1.82. The van der Waals surface area contributed by atoms with E-state index >= 15 is 0 Å². The molecule has 2 rings (SSSR count). The van der Waals surface area contributed by atoms with Crippen molar-refractivity contribution < 1.29 is 9.18 Å². The first-order valence-corrected chi connectivity index (χ1v) is 6.53. The molecule has 1 aliphatic rings. The summed E-state index contributed by atoms with van der Waals surface area (Å²) in [5.41, 5.74) is 6.48. The third-order valence-electron chi connectivity index (χ3n) is 3.73. The predicted octanol–water partition coefficient (Wildman–Crippen LogP) is 1.21. The van der Waals surface area contributed by atoms with Crippen LogP contribution in [0.25, 0.3) is 0 Å². The normalized spacial score (nSPS) is 23.9. The molecule has 1 aromatic rings. The number of rotatable bonds is 3. The molecule has 1 saturated heterocycles. The number of hydrogen-bond donors (Lipinski definition) is 1. The molecule has 2 N–H and O–H groups in total. The van der Waals surface area contributed by atoms with E-state index in [1.807, 2.05) is 18.9 Å². The van der Waals surface area contributed by atoms with Crippen LogP contribution in [0.4, 0.5) is 10.1 Å². The summed E-state index contributed by atoms with van der Waals surface area (Å²) in [6, 6.07) is 6.14. The summed E-state index contributed by atoms with van der Waals surface area (Å²) in [6.07, 6.45) is 0.604. The smallest absolute Gasteiger partial charge is 0.245 e. The number of anilines is 1. The summed E-state index contributed by atoms with van der Waals surface area (Å²) in [6.45, 7) is 3.20. The number of likely N-dealkylation sites (N-methyl/N-ethyl adjacent to an activating group) is 1. The molecule has 104 valence electrons. The number of amides is 1. The van der Waals surface area contributed by atoms with Crippen LogP contribution in [0, 0.1) is 5.82 Å². The third-order valence-corrected chi connectivity index (χ3v) is 3.73. The van der Waals surface area contributed by atoms with Gasteiger partial charge < -0.3 is 15.5 Å². The summed E-state index contributed by atoms with van der Waals surface area (Å²) in [5, 5.41) is 0. The Labute approximate surface area is 113 Å². The molecule has 19 heavy (non-hydrogen) atoms. The second kappa shape index (κ2) is 5.57. The highest BCUT2D eigenvalue weighted by Gasteiger charge is 2.36. The zero-order valence-electron chi connectivity index (χ0n) is 11.3. The lowest BCUT2D eigenvalue weighted by Gasteiger charge is -2.44. The molecule has 1 heterocycles. The number of carbonyl (C=O) groups excluding carboxylic acids is 1. The molecule has 5 heteroatoms. The highest BCUT2D eigenvalue weighted by atomic mass is 19.1.